The number of hydrogen-bond acceptors (Lipinski definition) is 0. The highest BCUT2D eigenvalue weighted by molar-refractivity contribution is 5.81. The molecule has 3 aromatic rings. The largest absolute Gasteiger partial charge is 0.0683 e. The normalized spacial score (nSPS) is 7.17. The lowest BCUT2D eigenvalue weighted by atomic mass is 10.1. The smallest absolute Gasteiger partial charge is 0.0184 e. The Morgan fingerprint density at radius 2 is 0.514 bits per heavy atom. The first-order chi connectivity index (χ1) is 17.0. The minimum Gasteiger partial charge on any atom is -0.0683 e. The van der Waals surface area contributed by atoms with Gasteiger partial charge in [-0.3, -0.25) is 0 Å². The van der Waals surface area contributed by atoms with Crippen molar-refractivity contribution in [3.8, 4) is 0 Å². The van der Waals surface area contributed by atoms with Gasteiger partial charge in [-0.15, -0.1) is 0 Å². The lowest BCUT2D eigenvalue weighted by Gasteiger charge is -1.92. The van der Waals surface area contributed by atoms with Crippen LogP contribution in [0.4, 0.5) is 0 Å². The Morgan fingerprint density at radius 3 is 0.657 bits per heavy atom. The molecule has 0 amide bonds. The first kappa shape index (κ1) is 46.3. The van der Waals surface area contributed by atoms with Crippen LogP contribution in [0.1, 0.15) is 128 Å². The molecule has 3 aromatic carbocycles. The summed E-state index contributed by atoms with van der Waals surface area (Å²) in [6.45, 7) is 31.1. The molecule has 3 rings (SSSR count). The lowest BCUT2D eigenvalue weighted by Crippen LogP contribution is -1.67. The van der Waals surface area contributed by atoms with Crippen molar-refractivity contribution in [2.45, 2.75) is 130 Å². The Bertz CT molecular complexity index is 552. The van der Waals surface area contributed by atoms with E-state index in [0.717, 1.165) is 0 Å². The summed E-state index contributed by atoms with van der Waals surface area (Å²) in [5.74, 6) is 0. The van der Waals surface area contributed by atoms with Gasteiger partial charge in [0.15, 0.2) is 0 Å². The van der Waals surface area contributed by atoms with Crippen molar-refractivity contribution in [1.29, 1.82) is 0 Å². The number of hydrogen-bond donors (Lipinski definition) is 0. The van der Waals surface area contributed by atoms with Crippen LogP contribution < -0.4 is 0 Å². The molecule has 0 spiro atoms. The monoisotopic (exact) mass is 487 g/mol. The third-order valence-corrected chi connectivity index (χ3v) is 2.60. The molecule has 0 heterocycles. The second-order valence-electron chi connectivity index (χ2n) is 6.83. The van der Waals surface area contributed by atoms with Gasteiger partial charge in [-0.05, 0) is 17.7 Å². The van der Waals surface area contributed by atoms with Gasteiger partial charge in [0.2, 0.25) is 0 Å². The number of fused-ring (bicyclic) bond motifs is 1. The van der Waals surface area contributed by atoms with Gasteiger partial charge in [-0.1, -0.05) is 207 Å². The van der Waals surface area contributed by atoms with Crippen molar-refractivity contribution < 1.29 is 0 Å². The van der Waals surface area contributed by atoms with Crippen LogP contribution in [0.5, 0.6) is 0 Å². The third-order valence-electron chi connectivity index (χ3n) is 2.60. The molecule has 0 saturated heterocycles. The molecular formula is C35H66. The molecule has 0 unspecified atom stereocenters. The average Bonchev–Trinajstić information content (AvgIpc) is 2.91. The standard InChI is InChI=1S/C10H8.C7H8.4C3H8.3C2H6/c1-2-6-10-8-4-3-7-9(10)5-1;1-7-5-3-2-4-6-7;4*1-3-2;3*1-2/h1-8H;2-6H,1H3;4*3H2,1-2H3;3*1-2H3. The van der Waals surface area contributed by atoms with Gasteiger partial charge in [0, 0.05) is 0 Å². The third kappa shape index (κ3) is 49.9. The molecule has 0 aliphatic heterocycles. The quantitative estimate of drug-likeness (QED) is 0.296. The zero-order chi connectivity index (χ0) is 28.8. The van der Waals surface area contributed by atoms with Gasteiger partial charge in [0.1, 0.15) is 0 Å². The second kappa shape index (κ2) is 53.3. The van der Waals surface area contributed by atoms with Gasteiger partial charge in [0.05, 0.1) is 0 Å². The van der Waals surface area contributed by atoms with Gasteiger partial charge < -0.3 is 0 Å². The predicted octanol–water partition coefficient (Wildman–Crippen LogP) is 13.6. The fraction of sp³-hybridized carbons (Fsp3) is 0.543. The zero-order valence-corrected chi connectivity index (χ0v) is 26.8. The van der Waals surface area contributed by atoms with Crippen LogP contribution in [0.3, 0.4) is 0 Å². The van der Waals surface area contributed by atoms with Crippen molar-refractivity contribution in [3.63, 3.8) is 0 Å². The summed E-state index contributed by atoms with van der Waals surface area (Å²) in [6, 6.07) is 27.0. The Morgan fingerprint density at radius 1 is 0.343 bits per heavy atom. The fourth-order valence-electron chi connectivity index (χ4n) is 1.67. The number of rotatable bonds is 0. The molecule has 0 nitrogen and oxygen atoms in total. The fourth-order valence-corrected chi connectivity index (χ4v) is 1.67. The first-order valence-electron chi connectivity index (χ1n) is 14.5. The molecule has 0 N–H and O–H groups in total. The molecular weight excluding hydrogens is 420 g/mol. The van der Waals surface area contributed by atoms with Crippen molar-refractivity contribution in [2.75, 3.05) is 0 Å². The van der Waals surface area contributed by atoms with Gasteiger partial charge in [-0.2, -0.15) is 0 Å². The van der Waals surface area contributed by atoms with E-state index >= 15 is 0 Å². The summed E-state index contributed by atoms with van der Waals surface area (Å²) in [6.07, 6.45) is 5.00. The highest BCUT2D eigenvalue weighted by atomic mass is 13.9. The molecule has 0 radical (unpaired) electrons. The Labute approximate surface area is 224 Å². The maximum absolute atomic E-state index is 2.12. The van der Waals surface area contributed by atoms with Crippen LogP contribution >= 0.6 is 0 Å². The van der Waals surface area contributed by atoms with Crippen molar-refractivity contribution >= 4 is 10.8 Å². The molecule has 0 aliphatic rings. The van der Waals surface area contributed by atoms with Crippen molar-refractivity contribution in [2.24, 2.45) is 0 Å². The Balaban J connectivity index is -0.0000000747. The summed E-state index contributed by atoms with van der Waals surface area (Å²) < 4.78 is 0. The number of benzene rings is 3. The van der Waals surface area contributed by atoms with Crippen LogP contribution in [0.25, 0.3) is 10.8 Å². The van der Waals surface area contributed by atoms with Crippen LogP contribution in [-0.2, 0) is 0 Å². The average molecular weight is 487 g/mol. The number of aryl methyl sites for hydroxylation is 1. The summed E-state index contributed by atoms with van der Waals surface area (Å²) in [5.41, 5.74) is 1.32. The molecule has 0 saturated carbocycles. The van der Waals surface area contributed by atoms with Crippen molar-refractivity contribution in [3.05, 3.63) is 84.4 Å². The molecule has 35 heavy (non-hydrogen) atoms. The second-order valence-corrected chi connectivity index (χ2v) is 6.83. The first-order valence-corrected chi connectivity index (χ1v) is 14.5. The summed E-state index contributed by atoms with van der Waals surface area (Å²) in [7, 11) is 0. The van der Waals surface area contributed by atoms with Gasteiger partial charge >= 0.3 is 0 Å². The SMILES string of the molecule is CC.CC.CC.CCC.CCC.CCC.CCC.Cc1ccccc1.c1ccc2ccccc2c1. The highest BCUT2D eigenvalue weighted by Crippen LogP contribution is 2.11. The molecule has 0 fully saturated rings. The molecule has 0 aliphatic carbocycles. The van der Waals surface area contributed by atoms with E-state index in [0.29, 0.717) is 0 Å². The summed E-state index contributed by atoms with van der Waals surface area (Å²) >= 11 is 0. The Hall–Kier alpha value is -2.08. The lowest BCUT2D eigenvalue weighted by molar-refractivity contribution is 1.09. The van der Waals surface area contributed by atoms with Crippen LogP contribution in [0.2, 0.25) is 0 Å². The zero-order valence-electron chi connectivity index (χ0n) is 26.8. The molecule has 0 aromatic heterocycles. The van der Waals surface area contributed by atoms with E-state index in [2.05, 4.69) is 123 Å². The van der Waals surface area contributed by atoms with E-state index in [-0.39, 0.29) is 0 Å². The highest BCUT2D eigenvalue weighted by Gasteiger charge is 1.85. The molecule has 0 bridgehead atoms. The minimum atomic E-state index is 1.25. The molecule has 0 heteroatoms. The van der Waals surface area contributed by atoms with Gasteiger partial charge in [0.25, 0.3) is 0 Å². The van der Waals surface area contributed by atoms with E-state index in [1.54, 1.807) is 0 Å². The van der Waals surface area contributed by atoms with Crippen LogP contribution in [0, 0.1) is 6.92 Å². The van der Waals surface area contributed by atoms with E-state index in [9.17, 15) is 0 Å². The van der Waals surface area contributed by atoms with Gasteiger partial charge in [-0.25, -0.2) is 0 Å². The Kier molecular flexibility index (Phi) is 70.5. The maximum atomic E-state index is 2.12. The topological polar surface area (TPSA) is 0 Å². The maximum Gasteiger partial charge on any atom is -0.0184 e. The molecule has 206 valence electrons. The molecule has 0 atom stereocenters. The predicted molar refractivity (Wildman–Crippen MR) is 173 cm³/mol. The van der Waals surface area contributed by atoms with E-state index < -0.39 is 0 Å². The summed E-state index contributed by atoms with van der Waals surface area (Å²) in [5, 5.41) is 2.62. The van der Waals surface area contributed by atoms with Crippen molar-refractivity contribution in [1.82, 2.24) is 0 Å². The van der Waals surface area contributed by atoms with E-state index in [1.165, 1.54) is 42.0 Å². The summed E-state index contributed by atoms with van der Waals surface area (Å²) in [4.78, 5) is 0. The van der Waals surface area contributed by atoms with Crippen LogP contribution in [-0.4, -0.2) is 0 Å². The minimum absolute atomic E-state index is 1.25. The van der Waals surface area contributed by atoms with E-state index in [1.807, 2.05) is 59.7 Å². The van der Waals surface area contributed by atoms with E-state index in [4.69, 9.17) is 0 Å². The van der Waals surface area contributed by atoms with Crippen LogP contribution in [0.15, 0.2) is 78.9 Å².